The van der Waals surface area contributed by atoms with Gasteiger partial charge >= 0.3 is 0 Å². The third-order valence-corrected chi connectivity index (χ3v) is 6.73. The maximum absolute atomic E-state index is 13.8. The number of ether oxygens (including phenoxy) is 8. The fourth-order valence-electron chi connectivity index (χ4n) is 4.67. The minimum Gasteiger partial charge on any atom is -0.459 e. The number of hydrogen-bond acceptors (Lipinski definition) is 10. The summed E-state index contributed by atoms with van der Waals surface area (Å²) in [6.07, 6.45) is 1.97. The van der Waals surface area contributed by atoms with E-state index >= 15 is 0 Å². The molecule has 0 aliphatic carbocycles. The zero-order valence-electron chi connectivity index (χ0n) is 24.3. The Labute approximate surface area is 243 Å². The van der Waals surface area contributed by atoms with Gasteiger partial charge in [-0.2, -0.15) is 0 Å². The molecule has 232 valence electrons. The minimum atomic E-state index is -0.617. The van der Waals surface area contributed by atoms with E-state index in [1.807, 2.05) is 31.2 Å². The topological polar surface area (TPSA) is 114 Å². The zero-order chi connectivity index (χ0) is 29.0. The Balaban J connectivity index is 1.73. The van der Waals surface area contributed by atoms with Crippen LogP contribution in [0.5, 0.6) is 0 Å². The Morgan fingerprint density at radius 1 is 0.854 bits per heavy atom. The summed E-state index contributed by atoms with van der Waals surface area (Å²) in [7, 11) is 0. The van der Waals surface area contributed by atoms with E-state index in [1.54, 1.807) is 4.90 Å². The van der Waals surface area contributed by atoms with E-state index in [2.05, 4.69) is 12.1 Å². The summed E-state index contributed by atoms with van der Waals surface area (Å²) in [4.78, 5) is 15.5. The maximum Gasteiger partial charge on any atom is 0.288 e. The van der Waals surface area contributed by atoms with E-state index in [0.29, 0.717) is 105 Å². The Morgan fingerprint density at radius 3 is 2.02 bits per heavy atom. The van der Waals surface area contributed by atoms with Crippen molar-refractivity contribution in [2.75, 3.05) is 106 Å². The molecule has 0 spiro atoms. The molecule has 1 N–H and O–H groups in total. The molecular weight excluding hydrogens is 534 g/mol. The maximum atomic E-state index is 13.8. The summed E-state index contributed by atoms with van der Waals surface area (Å²) in [6, 6.07) is 10.1. The number of amides is 1. The molecule has 0 saturated carbocycles. The highest BCUT2D eigenvalue weighted by Gasteiger charge is 2.39. The van der Waals surface area contributed by atoms with Gasteiger partial charge in [-0.1, -0.05) is 30.3 Å². The number of hydrogen-bond donors (Lipinski definition) is 1. The van der Waals surface area contributed by atoms with E-state index in [0.717, 1.165) is 5.56 Å². The first-order valence-electron chi connectivity index (χ1n) is 14.7. The van der Waals surface area contributed by atoms with Crippen LogP contribution in [0.1, 0.15) is 24.8 Å². The van der Waals surface area contributed by atoms with Crippen LogP contribution in [0.15, 0.2) is 42.2 Å². The number of benzene rings is 1. The molecule has 11 nitrogen and oxygen atoms in total. The van der Waals surface area contributed by atoms with Crippen LogP contribution in [0.3, 0.4) is 0 Å². The lowest BCUT2D eigenvalue weighted by atomic mass is 9.81. The average Bonchev–Trinajstić information content (AvgIpc) is 3.01. The van der Waals surface area contributed by atoms with E-state index in [1.165, 1.54) is 0 Å². The third-order valence-electron chi connectivity index (χ3n) is 6.73. The fraction of sp³-hybridized carbons (Fsp3) is 0.700. The molecule has 41 heavy (non-hydrogen) atoms. The molecular formula is C30H47NO10. The third kappa shape index (κ3) is 12.4. The highest BCUT2D eigenvalue weighted by atomic mass is 16.7. The molecule has 0 aromatic heterocycles. The van der Waals surface area contributed by atoms with Crippen molar-refractivity contribution >= 4 is 5.91 Å². The van der Waals surface area contributed by atoms with Crippen LogP contribution in [-0.2, 0) is 42.7 Å². The molecule has 3 unspecified atom stereocenters. The summed E-state index contributed by atoms with van der Waals surface area (Å²) >= 11 is 0. The van der Waals surface area contributed by atoms with Gasteiger partial charge < -0.3 is 47.9 Å². The molecule has 1 amide bonds. The van der Waals surface area contributed by atoms with Gasteiger partial charge in [0.1, 0.15) is 0 Å². The first-order valence-corrected chi connectivity index (χ1v) is 14.7. The molecule has 2 heterocycles. The predicted octanol–water partition coefficient (Wildman–Crippen LogP) is 1.99. The molecule has 2 aliphatic heterocycles. The Kier molecular flexibility index (Phi) is 16.9. The van der Waals surface area contributed by atoms with Crippen molar-refractivity contribution in [3.05, 3.63) is 47.7 Å². The Bertz CT molecular complexity index is 839. The summed E-state index contributed by atoms with van der Waals surface area (Å²) in [5.74, 6) is -0.145. The molecule has 2 aliphatic rings. The van der Waals surface area contributed by atoms with Gasteiger partial charge in [0.25, 0.3) is 5.91 Å². The van der Waals surface area contributed by atoms with E-state index in [4.69, 9.17) is 43.0 Å². The second-order valence-electron chi connectivity index (χ2n) is 9.55. The van der Waals surface area contributed by atoms with Crippen molar-refractivity contribution in [3.63, 3.8) is 0 Å². The average molecular weight is 582 g/mol. The van der Waals surface area contributed by atoms with Gasteiger partial charge in [-0.3, -0.25) is 4.79 Å². The molecule has 3 atom stereocenters. The smallest absolute Gasteiger partial charge is 0.288 e. The van der Waals surface area contributed by atoms with E-state index in [-0.39, 0.29) is 30.1 Å². The van der Waals surface area contributed by atoms with Gasteiger partial charge in [-0.05, 0) is 25.0 Å². The lowest BCUT2D eigenvalue weighted by Gasteiger charge is -2.38. The molecule has 0 radical (unpaired) electrons. The summed E-state index contributed by atoms with van der Waals surface area (Å²) < 4.78 is 45.8. The summed E-state index contributed by atoms with van der Waals surface area (Å²) in [5, 5.41) is 8.85. The minimum absolute atomic E-state index is 0.0109. The van der Waals surface area contributed by atoms with Gasteiger partial charge in [0, 0.05) is 38.1 Å². The van der Waals surface area contributed by atoms with Crippen LogP contribution in [0.4, 0.5) is 0 Å². The monoisotopic (exact) mass is 581 g/mol. The van der Waals surface area contributed by atoms with Gasteiger partial charge in [-0.15, -0.1) is 0 Å². The molecule has 1 saturated heterocycles. The van der Waals surface area contributed by atoms with Crippen LogP contribution in [0.2, 0.25) is 0 Å². The van der Waals surface area contributed by atoms with E-state index in [9.17, 15) is 4.79 Å². The number of carbonyl (C=O) groups excluding carboxylic acids is 1. The number of nitrogens with zero attached hydrogens (tertiary/aromatic N) is 1. The molecule has 1 aromatic carbocycles. The zero-order valence-corrected chi connectivity index (χ0v) is 24.3. The highest BCUT2D eigenvalue weighted by molar-refractivity contribution is 5.91. The van der Waals surface area contributed by atoms with Crippen molar-refractivity contribution in [1.82, 2.24) is 4.90 Å². The molecule has 11 heteroatoms. The van der Waals surface area contributed by atoms with Crippen LogP contribution >= 0.6 is 0 Å². The van der Waals surface area contributed by atoms with Gasteiger partial charge in [-0.25, -0.2) is 0 Å². The second kappa shape index (κ2) is 20.7. The number of rotatable bonds is 12. The van der Waals surface area contributed by atoms with Gasteiger partial charge in [0.05, 0.1) is 79.3 Å². The molecule has 1 fully saturated rings. The summed E-state index contributed by atoms with van der Waals surface area (Å²) in [6.45, 7) is 8.34. The molecule has 1 aromatic rings. The quantitative estimate of drug-likeness (QED) is 0.368. The van der Waals surface area contributed by atoms with Gasteiger partial charge in [0.15, 0.2) is 5.76 Å². The second-order valence-corrected chi connectivity index (χ2v) is 9.55. The largest absolute Gasteiger partial charge is 0.459 e. The van der Waals surface area contributed by atoms with Crippen LogP contribution in [0.25, 0.3) is 0 Å². The highest BCUT2D eigenvalue weighted by Crippen LogP contribution is 2.39. The van der Waals surface area contributed by atoms with Crippen molar-refractivity contribution in [2.24, 2.45) is 5.92 Å². The van der Waals surface area contributed by atoms with E-state index < -0.39 is 6.29 Å². The lowest BCUT2D eigenvalue weighted by Crippen LogP contribution is -2.43. The Hall–Kier alpha value is -2.09. The standard InChI is InChI=1S/C30H47NO10/c1-2-40-30-26(8-12-34-16-19-37-15-11-32)27(25-6-4-3-5-7-25)24-28(41-30)29(33)31-9-13-35-17-20-38-22-23-39-21-18-36-14-10-31/h3-7,24,26-27,30,32H,2,8-23H2,1H3. The first kappa shape index (κ1) is 33.4. The number of aliphatic hydroxyl groups is 1. The fourth-order valence-corrected chi connectivity index (χ4v) is 4.67. The molecule has 0 bridgehead atoms. The normalized spacial score (nSPS) is 23.6. The van der Waals surface area contributed by atoms with Crippen molar-refractivity contribution in [2.45, 2.75) is 25.6 Å². The molecule has 3 rings (SSSR count). The first-order chi connectivity index (χ1) is 20.2. The van der Waals surface area contributed by atoms with Crippen LogP contribution in [-0.4, -0.2) is 128 Å². The van der Waals surface area contributed by atoms with Crippen molar-refractivity contribution in [3.8, 4) is 0 Å². The van der Waals surface area contributed by atoms with Crippen molar-refractivity contribution < 1.29 is 47.8 Å². The van der Waals surface area contributed by atoms with Gasteiger partial charge in [0.2, 0.25) is 6.29 Å². The SMILES string of the molecule is CCOC1OC(C(=O)N2CCOCCOCCOCCOCC2)=CC(c2ccccc2)C1CCOCCOCCO. The Morgan fingerprint density at radius 2 is 1.44 bits per heavy atom. The van der Waals surface area contributed by atoms with Crippen LogP contribution < -0.4 is 0 Å². The van der Waals surface area contributed by atoms with Crippen LogP contribution in [0, 0.1) is 5.92 Å². The van der Waals surface area contributed by atoms with Crippen molar-refractivity contribution in [1.29, 1.82) is 0 Å². The lowest BCUT2D eigenvalue weighted by molar-refractivity contribution is -0.172. The number of aliphatic hydroxyl groups excluding tert-OH is 1. The number of allylic oxidation sites excluding steroid dienone is 1. The predicted molar refractivity (Wildman–Crippen MR) is 150 cm³/mol. The summed E-state index contributed by atoms with van der Waals surface area (Å²) in [5.41, 5.74) is 1.07. The number of carbonyl (C=O) groups is 1.